The molecule has 0 radical (unpaired) electrons. The highest BCUT2D eigenvalue weighted by Crippen LogP contribution is 2.68. The summed E-state index contributed by atoms with van der Waals surface area (Å²) in [5.74, 6) is 0.874. The van der Waals surface area contributed by atoms with Crippen molar-refractivity contribution in [1.29, 1.82) is 0 Å². The van der Waals surface area contributed by atoms with E-state index < -0.39 is 14.5 Å². The summed E-state index contributed by atoms with van der Waals surface area (Å²) < 4.78 is 44.5. The largest absolute Gasteiger partial charge is 0.673 e. The molecule has 39 heavy (non-hydrogen) atoms. The van der Waals surface area contributed by atoms with Crippen LogP contribution in [0.3, 0.4) is 0 Å². The topological polar surface area (TPSA) is 9.23 Å². The molecule has 0 bridgehead atoms. The Hall–Kier alpha value is -3.89. The van der Waals surface area contributed by atoms with Crippen LogP contribution in [0, 0.1) is 0 Å². The van der Waals surface area contributed by atoms with Crippen LogP contribution < -0.4 is 20.7 Å². The van der Waals surface area contributed by atoms with Gasteiger partial charge in [-0.2, -0.15) is 0 Å². The third-order valence-electron chi connectivity index (χ3n) is 6.42. The van der Waals surface area contributed by atoms with Gasteiger partial charge in [0.1, 0.15) is 34.6 Å². The highest BCUT2D eigenvalue weighted by atomic mass is 31.2. The molecule has 0 aliphatic heterocycles. The van der Waals surface area contributed by atoms with Crippen LogP contribution >= 0.6 is 7.26 Å². The van der Waals surface area contributed by atoms with E-state index >= 15 is 0 Å². The molecule has 0 aliphatic rings. The second kappa shape index (κ2) is 12.8. The van der Waals surface area contributed by atoms with Gasteiger partial charge >= 0.3 is 7.25 Å². The van der Waals surface area contributed by atoms with Crippen molar-refractivity contribution in [2.45, 2.75) is 5.66 Å². The quantitative estimate of drug-likeness (QED) is 0.114. The monoisotopic (exact) mass is 546 g/mol. The van der Waals surface area contributed by atoms with Crippen molar-refractivity contribution in [3.63, 3.8) is 0 Å². The van der Waals surface area contributed by atoms with E-state index in [0.717, 1.165) is 5.75 Å². The Morgan fingerprint density at radius 3 is 1.13 bits per heavy atom. The van der Waals surface area contributed by atoms with Crippen molar-refractivity contribution in [2.75, 3.05) is 7.11 Å². The third kappa shape index (κ3) is 6.77. The summed E-state index contributed by atoms with van der Waals surface area (Å²) >= 11 is 0. The van der Waals surface area contributed by atoms with Gasteiger partial charge in [0.15, 0.2) is 0 Å². The average Bonchev–Trinajstić information content (AvgIpc) is 2.97. The number of methoxy groups -OCH3 is 1. The van der Waals surface area contributed by atoms with E-state index in [4.69, 9.17) is 4.74 Å². The van der Waals surface area contributed by atoms with Crippen LogP contribution in [-0.2, 0) is 0 Å². The molecule has 0 aromatic heterocycles. The van der Waals surface area contributed by atoms with Crippen LogP contribution in [0.2, 0.25) is 0 Å². The number of rotatable bonds is 7. The molecule has 5 aromatic rings. The third-order valence-corrected chi connectivity index (χ3v) is 11.1. The minimum absolute atomic E-state index is 0.145. The fraction of sp³-hybridized carbons (Fsp3) is 0.0625. The number of ether oxygens (including phenoxy) is 1. The smallest absolute Gasteiger partial charge is 0.497 e. The van der Waals surface area contributed by atoms with E-state index in [1.54, 1.807) is 7.11 Å². The predicted molar refractivity (Wildman–Crippen MR) is 157 cm³/mol. The summed E-state index contributed by atoms with van der Waals surface area (Å²) in [7, 11) is -6.45. The Morgan fingerprint density at radius 2 is 0.795 bits per heavy atom. The average molecular weight is 546 g/mol. The molecular weight excluding hydrogens is 518 g/mol. The van der Waals surface area contributed by atoms with Gasteiger partial charge in [0.25, 0.3) is 0 Å². The maximum absolute atomic E-state index is 9.75. The summed E-state index contributed by atoms with van der Waals surface area (Å²) in [6, 6.07) is 52.8. The highest BCUT2D eigenvalue weighted by Gasteiger charge is 2.53. The number of benzene rings is 5. The van der Waals surface area contributed by atoms with Gasteiger partial charge in [0.2, 0.25) is 0 Å². The lowest BCUT2D eigenvalue weighted by Gasteiger charge is -2.35. The van der Waals surface area contributed by atoms with Gasteiger partial charge in [0, 0.05) is 0 Å². The van der Waals surface area contributed by atoms with Crippen LogP contribution in [0.1, 0.15) is 16.8 Å². The van der Waals surface area contributed by atoms with E-state index in [-0.39, 0.29) is 5.66 Å². The van der Waals surface area contributed by atoms with Crippen molar-refractivity contribution in [2.24, 2.45) is 0 Å². The number of hydrogen-bond acceptors (Lipinski definition) is 1. The summed E-state index contributed by atoms with van der Waals surface area (Å²) in [5.41, 5.74) is 2.75. The van der Waals surface area contributed by atoms with E-state index in [1.165, 1.54) is 27.0 Å². The SMILES string of the molecule is COc1ccc(C(c2ccccc2)[P+](c2ccccc2)(c2ccccc2)c2ccccc2)cc1.F[B-](F)(F)F. The van der Waals surface area contributed by atoms with E-state index in [9.17, 15) is 17.3 Å². The zero-order chi connectivity index (χ0) is 27.7. The lowest BCUT2D eigenvalue weighted by Crippen LogP contribution is -2.35. The van der Waals surface area contributed by atoms with Crippen LogP contribution in [0.4, 0.5) is 17.3 Å². The molecule has 1 nitrogen and oxygen atoms in total. The summed E-state index contributed by atoms with van der Waals surface area (Å²) in [6.45, 7) is 0. The summed E-state index contributed by atoms with van der Waals surface area (Å²) in [5, 5.41) is 4.12. The lowest BCUT2D eigenvalue weighted by molar-refractivity contribution is 0.368. The van der Waals surface area contributed by atoms with Crippen LogP contribution in [0.15, 0.2) is 146 Å². The van der Waals surface area contributed by atoms with Crippen molar-refractivity contribution in [1.82, 2.24) is 0 Å². The molecule has 1 unspecified atom stereocenters. The summed E-state index contributed by atoms with van der Waals surface area (Å²) in [6.07, 6.45) is 0. The molecule has 0 spiro atoms. The Morgan fingerprint density at radius 1 is 0.487 bits per heavy atom. The van der Waals surface area contributed by atoms with Crippen molar-refractivity contribution >= 4 is 30.4 Å². The molecule has 0 saturated heterocycles. The standard InChI is InChI=1S/C32H28OP.BF4/c1-33-28-24-22-27(23-25-28)32(26-14-6-2-7-15-26)34(29-16-8-3-9-17-29,30-18-10-4-11-19-30)31-20-12-5-13-21-31;2-1(3,4)5/h2-25,32H,1H3;/q+1;-1. The second-order valence-corrected chi connectivity index (χ2v) is 12.3. The Kier molecular flexibility index (Phi) is 9.21. The molecule has 0 fully saturated rings. The van der Waals surface area contributed by atoms with Crippen LogP contribution in [0.25, 0.3) is 0 Å². The minimum Gasteiger partial charge on any atom is -0.497 e. The normalized spacial score (nSPS) is 12.1. The first-order valence-electron chi connectivity index (χ1n) is 12.5. The molecule has 5 aromatic carbocycles. The number of halogens is 4. The van der Waals surface area contributed by atoms with E-state index in [2.05, 4.69) is 146 Å². The molecule has 0 saturated carbocycles. The van der Waals surface area contributed by atoms with E-state index in [0.29, 0.717) is 0 Å². The molecule has 7 heteroatoms. The minimum atomic E-state index is -6.00. The van der Waals surface area contributed by atoms with Gasteiger partial charge in [-0.15, -0.1) is 0 Å². The molecular formula is C32H28BF4OP. The van der Waals surface area contributed by atoms with Gasteiger partial charge in [0.05, 0.1) is 7.11 Å². The highest BCUT2D eigenvalue weighted by molar-refractivity contribution is 7.96. The molecule has 0 heterocycles. The molecule has 0 N–H and O–H groups in total. The first kappa shape index (κ1) is 28.1. The lowest BCUT2D eigenvalue weighted by atomic mass is 10.0. The second-order valence-electron chi connectivity index (χ2n) is 8.81. The molecule has 1 atom stereocenters. The zero-order valence-corrected chi connectivity index (χ0v) is 22.3. The van der Waals surface area contributed by atoms with Gasteiger partial charge in [-0.05, 0) is 59.7 Å². The van der Waals surface area contributed by atoms with Gasteiger partial charge in [-0.25, -0.2) is 0 Å². The maximum Gasteiger partial charge on any atom is 0.673 e. The Labute approximate surface area is 227 Å². The van der Waals surface area contributed by atoms with Gasteiger partial charge in [-0.3, -0.25) is 0 Å². The van der Waals surface area contributed by atoms with Gasteiger partial charge < -0.3 is 22.0 Å². The van der Waals surface area contributed by atoms with Crippen LogP contribution in [-0.4, -0.2) is 14.4 Å². The zero-order valence-electron chi connectivity index (χ0n) is 21.4. The molecule has 0 aliphatic carbocycles. The maximum atomic E-state index is 9.75. The molecule has 198 valence electrons. The van der Waals surface area contributed by atoms with Gasteiger partial charge in [-0.1, -0.05) is 97.1 Å². The number of hydrogen-bond donors (Lipinski definition) is 0. The molecule has 0 amide bonds. The molecule has 5 rings (SSSR count). The van der Waals surface area contributed by atoms with Crippen molar-refractivity contribution < 1.29 is 22.0 Å². The van der Waals surface area contributed by atoms with E-state index in [1.807, 2.05) is 0 Å². The summed E-state index contributed by atoms with van der Waals surface area (Å²) in [4.78, 5) is 0. The van der Waals surface area contributed by atoms with Crippen molar-refractivity contribution in [3.8, 4) is 5.75 Å². The fourth-order valence-electron chi connectivity index (χ4n) is 4.95. The first-order chi connectivity index (χ1) is 18.8. The van der Waals surface area contributed by atoms with Crippen LogP contribution in [0.5, 0.6) is 5.75 Å². The Bertz CT molecular complexity index is 1310. The first-order valence-corrected chi connectivity index (χ1v) is 14.3. The predicted octanol–water partition coefficient (Wildman–Crippen LogP) is 8.08. The van der Waals surface area contributed by atoms with Crippen molar-refractivity contribution in [3.05, 3.63) is 157 Å². The Balaban J connectivity index is 0.000000648. The fourth-order valence-corrected chi connectivity index (χ4v) is 9.90.